The van der Waals surface area contributed by atoms with E-state index >= 15 is 0 Å². The quantitative estimate of drug-likeness (QED) is 0.753. The van der Waals surface area contributed by atoms with Gasteiger partial charge >= 0.3 is 0 Å². The smallest absolute Gasteiger partial charge is 0.252 e. The monoisotopic (exact) mass is 390 g/mol. The van der Waals surface area contributed by atoms with Crippen molar-refractivity contribution in [3.63, 3.8) is 0 Å². The zero-order valence-electron chi connectivity index (χ0n) is 15.7. The number of ether oxygens (including phenoxy) is 1. The Morgan fingerprint density at radius 2 is 2.26 bits per heavy atom. The van der Waals surface area contributed by atoms with E-state index in [0.29, 0.717) is 29.7 Å². The van der Waals surface area contributed by atoms with Crippen LogP contribution in [0, 0.1) is 5.92 Å². The fourth-order valence-electron chi connectivity index (χ4n) is 3.54. The van der Waals surface area contributed by atoms with Crippen LogP contribution in [0.15, 0.2) is 36.8 Å². The van der Waals surface area contributed by atoms with Crippen molar-refractivity contribution < 1.29 is 9.53 Å². The van der Waals surface area contributed by atoms with Gasteiger partial charge in [0.15, 0.2) is 0 Å². The van der Waals surface area contributed by atoms with Crippen LogP contribution in [0.2, 0.25) is 5.02 Å². The zero-order chi connectivity index (χ0) is 19.1. The van der Waals surface area contributed by atoms with Gasteiger partial charge in [-0.15, -0.1) is 0 Å². The highest BCUT2D eigenvalue weighted by atomic mass is 35.5. The third-order valence-corrected chi connectivity index (χ3v) is 5.32. The molecule has 2 aromatic rings. The van der Waals surface area contributed by atoms with E-state index in [9.17, 15) is 4.79 Å². The number of nitrogens with zero attached hydrogens (tertiary/aromatic N) is 3. The summed E-state index contributed by atoms with van der Waals surface area (Å²) in [6.07, 6.45) is 6.05. The zero-order valence-corrected chi connectivity index (χ0v) is 16.5. The number of amides is 1. The van der Waals surface area contributed by atoms with Gasteiger partial charge in [-0.1, -0.05) is 23.7 Å². The van der Waals surface area contributed by atoms with Crippen LogP contribution >= 0.6 is 11.6 Å². The number of benzene rings is 1. The number of rotatable bonds is 8. The number of nitrogens with one attached hydrogen (secondary N) is 1. The third-order valence-electron chi connectivity index (χ3n) is 4.99. The van der Waals surface area contributed by atoms with Crippen molar-refractivity contribution in [1.29, 1.82) is 0 Å². The largest absolute Gasteiger partial charge is 0.383 e. The predicted molar refractivity (Wildman–Crippen MR) is 106 cm³/mol. The Morgan fingerprint density at radius 3 is 3.07 bits per heavy atom. The fourth-order valence-corrected chi connectivity index (χ4v) is 3.76. The van der Waals surface area contributed by atoms with Crippen LogP contribution in [-0.4, -0.2) is 53.7 Å². The molecule has 0 unspecified atom stereocenters. The fraction of sp³-hybridized carbons (Fsp3) is 0.500. The number of imidazole rings is 1. The summed E-state index contributed by atoms with van der Waals surface area (Å²) < 4.78 is 7.31. The minimum atomic E-state index is -0.102. The summed E-state index contributed by atoms with van der Waals surface area (Å²) in [5.74, 6) is 0.343. The first-order chi connectivity index (χ1) is 13.2. The Kier molecular flexibility index (Phi) is 7.26. The molecule has 0 bridgehead atoms. The van der Waals surface area contributed by atoms with Crippen molar-refractivity contribution in [1.82, 2.24) is 19.8 Å². The maximum Gasteiger partial charge on any atom is 0.252 e. The molecule has 2 heterocycles. The van der Waals surface area contributed by atoms with E-state index in [1.807, 2.05) is 24.7 Å². The molecule has 1 atom stereocenters. The van der Waals surface area contributed by atoms with Crippen LogP contribution in [0.5, 0.6) is 0 Å². The Labute approximate surface area is 165 Å². The van der Waals surface area contributed by atoms with Crippen molar-refractivity contribution >= 4 is 17.5 Å². The van der Waals surface area contributed by atoms with Crippen LogP contribution < -0.4 is 5.32 Å². The maximum atomic E-state index is 12.4. The van der Waals surface area contributed by atoms with Gasteiger partial charge < -0.3 is 14.6 Å². The lowest BCUT2D eigenvalue weighted by molar-refractivity contribution is 0.0930. The van der Waals surface area contributed by atoms with Crippen molar-refractivity contribution in [3.8, 4) is 0 Å². The minimum Gasteiger partial charge on any atom is -0.383 e. The summed E-state index contributed by atoms with van der Waals surface area (Å²) in [7, 11) is 1.71. The number of carbonyl (C=O) groups is 1. The van der Waals surface area contributed by atoms with Crippen LogP contribution in [0.4, 0.5) is 0 Å². The Morgan fingerprint density at radius 1 is 1.41 bits per heavy atom. The number of halogens is 1. The lowest BCUT2D eigenvalue weighted by Crippen LogP contribution is -2.40. The number of piperidine rings is 1. The number of aromatic nitrogens is 2. The first-order valence-electron chi connectivity index (χ1n) is 9.40. The van der Waals surface area contributed by atoms with Gasteiger partial charge in [-0.2, -0.15) is 0 Å². The highest BCUT2D eigenvalue weighted by Crippen LogP contribution is 2.19. The average molecular weight is 391 g/mol. The minimum absolute atomic E-state index is 0.102. The van der Waals surface area contributed by atoms with Gasteiger partial charge in [0.05, 0.1) is 29.2 Å². The molecular formula is C20H27ClN4O2. The van der Waals surface area contributed by atoms with Crippen molar-refractivity contribution in [2.24, 2.45) is 5.92 Å². The second-order valence-corrected chi connectivity index (χ2v) is 7.41. The Balaban J connectivity index is 1.50. The van der Waals surface area contributed by atoms with Crippen LogP contribution in [0.3, 0.4) is 0 Å². The molecule has 1 saturated heterocycles. The van der Waals surface area contributed by atoms with Gasteiger partial charge in [0, 0.05) is 39.5 Å². The first-order valence-corrected chi connectivity index (χ1v) is 9.78. The molecule has 0 radical (unpaired) electrons. The number of carbonyl (C=O) groups excluding carboxylic acids is 1. The molecule has 1 aliphatic heterocycles. The summed E-state index contributed by atoms with van der Waals surface area (Å²) >= 11 is 6.11. The van der Waals surface area contributed by atoms with E-state index in [-0.39, 0.29) is 5.91 Å². The molecule has 7 heteroatoms. The van der Waals surface area contributed by atoms with Gasteiger partial charge in [-0.25, -0.2) is 4.98 Å². The summed E-state index contributed by atoms with van der Waals surface area (Å²) in [5, 5.41) is 3.53. The molecule has 1 aliphatic rings. The topological polar surface area (TPSA) is 59.4 Å². The molecule has 3 rings (SSSR count). The maximum absolute atomic E-state index is 12.4. The Bertz CT molecular complexity index is 749. The van der Waals surface area contributed by atoms with E-state index in [4.69, 9.17) is 16.3 Å². The molecule has 1 amide bonds. The van der Waals surface area contributed by atoms with Crippen LogP contribution in [0.1, 0.15) is 28.9 Å². The molecular weight excluding hydrogens is 364 g/mol. The molecule has 0 spiro atoms. The lowest BCUT2D eigenvalue weighted by atomic mass is 9.97. The van der Waals surface area contributed by atoms with Gasteiger partial charge in [0.1, 0.15) is 0 Å². The second kappa shape index (κ2) is 9.88. The second-order valence-electron chi connectivity index (χ2n) is 7.00. The van der Waals surface area contributed by atoms with Gasteiger partial charge in [0.2, 0.25) is 0 Å². The number of hydrogen-bond acceptors (Lipinski definition) is 4. The van der Waals surface area contributed by atoms with Gasteiger partial charge in [-0.05, 0) is 37.4 Å². The highest BCUT2D eigenvalue weighted by molar-refractivity contribution is 6.33. The molecule has 1 fully saturated rings. The lowest BCUT2D eigenvalue weighted by Gasteiger charge is -2.32. The third kappa shape index (κ3) is 5.54. The number of hydrogen-bond donors (Lipinski definition) is 1. The van der Waals surface area contributed by atoms with E-state index in [0.717, 1.165) is 39.0 Å². The summed E-state index contributed by atoms with van der Waals surface area (Å²) in [6, 6.07) is 7.16. The number of likely N-dealkylation sites (tertiary alicyclic amines) is 1. The van der Waals surface area contributed by atoms with E-state index in [1.54, 1.807) is 19.2 Å². The molecule has 1 N–H and O–H groups in total. The SMILES string of the molecule is COCCn1cncc1CN1CCC[C@@H](CNC(=O)c2ccccc2Cl)C1. The molecule has 146 valence electrons. The molecule has 1 aromatic carbocycles. The van der Waals surface area contributed by atoms with E-state index in [2.05, 4.69) is 19.8 Å². The molecule has 0 aliphatic carbocycles. The highest BCUT2D eigenvalue weighted by Gasteiger charge is 2.22. The average Bonchev–Trinajstić information content (AvgIpc) is 3.12. The van der Waals surface area contributed by atoms with E-state index in [1.165, 1.54) is 5.69 Å². The van der Waals surface area contributed by atoms with E-state index < -0.39 is 0 Å². The summed E-state index contributed by atoms with van der Waals surface area (Å²) in [6.45, 7) is 5.09. The Hall–Kier alpha value is -1.89. The predicted octanol–water partition coefficient (Wildman–Crippen LogP) is 2.82. The molecule has 27 heavy (non-hydrogen) atoms. The van der Waals surface area contributed by atoms with Crippen LogP contribution in [0.25, 0.3) is 0 Å². The van der Waals surface area contributed by atoms with Crippen LogP contribution in [-0.2, 0) is 17.8 Å². The van der Waals surface area contributed by atoms with Gasteiger partial charge in [0.25, 0.3) is 5.91 Å². The first kappa shape index (κ1) is 19.9. The molecule has 1 aromatic heterocycles. The standard InChI is InChI=1S/C20H27ClN4O2/c1-27-10-9-25-15-22-12-17(25)14-24-8-4-5-16(13-24)11-23-20(26)18-6-2-3-7-19(18)21/h2-3,6-7,12,15-16H,4-5,8-11,13-14H2,1H3,(H,23,26)/t16-/m0/s1. The molecule has 0 saturated carbocycles. The number of methoxy groups -OCH3 is 1. The van der Waals surface area contributed by atoms with Crippen molar-refractivity contribution in [2.75, 3.05) is 33.4 Å². The summed E-state index contributed by atoms with van der Waals surface area (Å²) in [4.78, 5) is 19.1. The van der Waals surface area contributed by atoms with Gasteiger partial charge in [-0.3, -0.25) is 9.69 Å². The summed E-state index contributed by atoms with van der Waals surface area (Å²) in [5.41, 5.74) is 1.74. The van der Waals surface area contributed by atoms with Crippen molar-refractivity contribution in [3.05, 3.63) is 53.1 Å². The normalized spacial score (nSPS) is 17.8. The molecule has 6 nitrogen and oxygen atoms in total. The van der Waals surface area contributed by atoms with Crippen molar-refractivity contribution in [2.45, 2.75) is 25.9 Å².